The van der Waals surface area contributed by atoms with E-state index in [0.717, 1.165) is 25.0 Å². The molecule has 2 aromatic rings. The zero-order chi connectivity index (χ0) is 27.4. The number of rotatable bonds is 8. The van der Waals surface area contributed by atoms with Crippen LogP contribution in [0.4, 0.5) is 23.2 Å². The first-order valence-electron chi connectivity index (χ1n) is 12.8. The van der Waals surface area contributed by atoms with Gasteiger partial charge >= 0.3 is 6.18 Å². The molecule has 2 heterocycles. The van der Waals surface area contributed by atoms with E-state index >= 15 is 0 Å². The van der Waals surface area contributed by atoms with Crippen LogP contribution in [0, 0.1) is 30.5 Å². The number of halogens is 4. The largest absolute Gasteiger partial charge is 0.416 e. The number of pyridine rings is 1. The van der Waals surface area contributed by atoms with Crippen molar-refractivity contribution >= 4 is 17.5 Å². The van der Waals surface area contributed by atoms with E-state index in [4.69, 9.17) is 0 Å². The Hall–Kier alpha value is -3.21. The summed E-state index contributed by atoms with van der Waals surface area (Å²) in [6.45, 7) is 3.86. The quantitative estimate of drug-likeness (QED) is 0.444. The number of carbonyl (C=O) groups excluding carboxylic acids is 2. The van der Waals surface area contributed by atoms with Crippen molar-refractivity contribution in [2.24, 2.45) is 17.8 Å². The van der Waals surface area contributed by atoms with Crippen LogP contribution in [0.3, 0.4) is 0 Å². The van der Waals surface area contributed by atoms with Crippen molar-refractivity contribution in [1.82, 2.24) is 15.2 Å². The van der Waals surface area contributed by atoms with E-state index in [1.54, 1.807) is 17.9 Å². The van der Waals surface area contributed by atoms with E-state index in [-0.39, 0.29) is 48.4 Å². The molecule has 0 spiro atoms. The molecular weight excluding hydrogens is 504 g/mol. The van der Waals surface area contributed by atoms with Crippen molar-refractivity contribution in [3.05, 3.63) is 58.7 Å². The topological polar surface area (TPSA) is 94.6 Å². The number of hydrogen-bond donors (Lipinski definition) is 3. The first kappa shape index (κ1) is 26.4. The maximum Gasteiger partial charge on any atom is 0.416 e. The number of likely N-dealkylation sites (tertiary alicyclic amines) is 1. The molecule has 2 saturated carbocycles. The molecule has 0 bridgehead atoms. The average Bonchev–Trinajstić information content (AvgIpc) is 3.77. The molecule has 0 radical (unpaired) electrons. The van der Waals surface area contributed by atoms with Crippen LogP contribution in [0.25, 0.3) is 0 Å². The van der Waals surface area contributed by atoms with E-state index in [0.29, 0.717) is 29.4 Å². The van der Waals surface area contributed by atoms with Gasteiger partial charge in [0.1, 0.15) is 11.9 Å². The summed E-state index contributed by atoms with van der Waals surface area (Å²) in [6, 6.07) is 2.35. The smallest absolute Gasteiger partial charge is 0.395 e. The second-order valence-electron chi connectivity index (χ2n) is 10.6. The van der Waals surface area contributed by atoms with Crippen molar-refractivity contribution in [3.8, 4) is 0 Å². The Balaban J connectivity index is 1.40. The summed E-state index contributed by atoms with van der Waals surface area (Å²) in [7, 11) is 0. The number of amides is 2. The van der Waals surface area contributed by atoms with Gasteiger partial charge in [-0.25, -0.2) is 4.39 Å². The van der Waals surface area contributed by atoms with Gasteiger partial charge in [0.05, 0.1) is 35.7 Å². The fourth-order valence-electron chi connectivity index (χ4n) is 5.72. The molecule has 1 aromatic carbocycles. The highest BCUT2D eigenvalue weighted by Crippen LogP contribution is 2.54. The van der Waals surface area contributed by atoms with Crippen LogP contribution in [0.5, 0.6) is 0 Å². The van der Waals surface area contributed by atoms with Crippen molar-refractivity contribution in [2.45, 2.75) is 57.4 Å². The molecule has 1 saturated heterocycles. The van der Waals surface area contributed by atoms with Crippen molar-refractivity contribution in [3.63, 3.8) is 0 Å². The van der Waals surface area contributed by atoms with E-state index < -0.39 is 35.5 Å². The van der Waals surface area contributed by atoms with Gasteiger partial charge in [-0.15, -0.1) is 0 Å². The Bertz CT molecular complexity index is 1250. The van der Waals surface area contributed by atoms with E-state index in [1.165, 1.54) is 6.20 Å². The number of fused-ring (bicyclic) bond motifs is 1. The van der Waals surface area contributed by atoms with Crippen molar-refractivity contribution in [2.75, 3.05) is 18.5 Å². The van der Waals surface area contributed by atoms with Gasteiger partial charge in [0, 0.05) is 23.8 Å². The van der Waals surface area contributed by atoms with E-state index in [2.05, 4.69) is 15.6 Å². The molecule has 11 heteroatoms. The minimum Gasteiger partial charge on any atom is -0.395 e. The molecule has 2 aliphatic carbocycles. The monoisotopic (exact) mass is 534 g/mol. The van der Waals surface area contributed by atoms with Crippen LogP contribution >= 0.6 is 0 Å². The Kier molecular flexibility index (Phi) is 6.83. The second kappa shape index (κ2) is 9.83. The predicted molar refractivity (Wildman–Crippen MR) is 131 cm³/mol. The number of aromatic nitrogens is 1. The minimum absolute atomic E-state index is 0.0171. The summed E-state index contributed by atoms with van der Waals surface area (Å²) in [6.07, 6.45) is -1.25. The number of aryl methyl sites for hydroxylation is 1. The molecule has 7 nitrogen and oxygen atoms in total. The summed E-state index contributed by atoms with van der Waals surface area (Å²) in [5.74, 6) is -1.48. The highest BCUT2D eigenvalue weighted by Gasteiger charge is 2.62. The number of piperidine rings is 1. The summed E-state index contributed by atoms with van der Waals surface area (Å²) in [5, 5.41) is 15.1. The summed E-state index contributed by atoms with van der Waals surface area (Å²) >= 11 is 0. The first-order chi connectivity index (χ1) is 18.0. The molecule has 2 amide bonds. The number of aliphatic hydroxyl groups excluding tert-OH is 1. The Morgan fingerprint density at radius 3 is 2.61 bits per heavy atom. The second-order valence-corrected chi connectivity index (χ2v) is 10.6. The molecule has 3 aliphatic rings. The lowest BCUT2D eigenvalue weighted by Gasteiger charge is -2.30. The molecule has 0 unspecified atom stereocenters. The van der Waals surface area contributed by atoms with Gasteiger partial charge in [-0.3, -0.25) is 14.6 Å². The normalized spacial score (nSPS) is 25.1. The highest BCUT2D eigenvalue weighted by molar-refractivity contribution is 6.02. The number of aliphatic hydroxyl groups is 1. The van der Waals surface area contributed by atoms with Crippen molar-refractivity contribution < 1.29 is 32.3 Å². The van der Waals surface area contributed by atoms with Gasteiger partial charge in [-0.1, -0.05) is 13.0 Å². The SMILES string of the molecule is Cc1cc(C(=O)N2[C@@H]3[C@H](C)[C@@H]3C[C@@H]2C(=O)N[C@@H](c2ccc(C(F)(F)F)cc2F)C2CC2)c(NCCO)cn1. The molecule has 1 aliphatic heterocycles. The summed E-state index contributed by atoms with van der Waals surface area (Å²) in [4.78, 5) is 33.2. The fraction of sp³-hybridized carbons (Fsp3) is 0.519. The van der Waals surface area contributed by atoms with E-state index in [9.17, 15) is 32.3 Å². The zero-order valence-corrected chi connectivity index (χ0v) is 21.1. The van der Waals surface area contributed by atoms with Gasteiger partial charge in [0.2, 0.25) is 5.91 Å². The number of carbonyl (C=O) groups is 2. The molecule has 5 rings (SSSR count). The number of anilines is 1. The molecule has 1 aromatic heterocycles. The predicted octanol–water partition coefficient (Wildman–Crippen LogP) is 4.07. The van der Waals surface area contributed by atoms with Crippen LogP contribution in [-0.2, 0) is 11.0 Å². The Morgan fingerprint density at radius 1 is 1.24 bits per heavy atom. The summed E-state index contributed by atoms with van der Waals surface area (Å²) < 4.78 is 54.0. The van der Waals surface area contributed by atoms with Crippen LogP contribution in [0.15, 0.2) is 30.5 Å². The van der Waals surface area contributed by atoms with Crippen LogP contribution in [0.1, 0.15) is 59.4 Å². The summed E-state index contributed by atoms with van der Waals surface area (Å²) in [5.41, 5.74) is 0.349. The third-order valence-corrected chi connectivity index (χ3v) is 7.95. The Labute approximate surface area is 217 Å². The maximum absolute atomic E-state index is 14.8. The van der Waals surface area contributed by atoms with Gasteiger partial charge in [-0.2, -0.15) is 13.2 Å². The molecule has 38 heavy (non-hydrogen) atoms. The molecule has 5 atom stereocenters. The van der Waals surface area contributed by atoms with E-state index in [1.807, 2.05) is 6.92 Å². The van der Waals surface area contributed by atoms with Gasteiger partial charge in [-0.05, 0) is 62.1 Å². The lowest BCUT2D eigenvalue weighted by Crippen LogP contribution is -2.49. The number of benzene rings is 1. The number of hydrogen-bond acceptors (Lipinski definition) is 5. The Morgan fingerprint density at radius 2 is 1.97 bits per heavy atom. The van der Waals surface area contributed by atoms with Gasteiger partial charge in [0.15, 0.2) is 0 Å². The third-order valence-electron chi connectivity index (χ3n) is 7.95. The maximum atomic E-state index is 14.8. The lowest BCUT2D eigenvalue weighted by molar-refractivity contribution is -0.137. The van der Waals surface area contributed by atoms with Crippen LogP contribution in [0.2, 0.25) is 0 Å². The minimum atomic E-state index is -4.67. The average molecular weight is 535 g/mol. The van der Waals surface area contributed by atoms with Gasteiger partial charge < -0.3 is 20.6 Å². The lowest BCUT2D eigenvalue weighted by atomic mass is 9.98. The fourth-order valence-corrected chi connectivity index (χ4v) is 5.72. The molecule has 3 N–H and O–H groups in total. The highest BCUT2D eigenvalue weighted by atomic mass is 19.4. The van der Waals surface area contributed by atoms with Crippen LogP contribution in [-0.4, -0.2) is 52.0 Å². The molecule has 204 valence electrons. The molecule has 3 fully saturated rings. The van der Waals surface area contributed by atoms with Gasteiger partial charge in [0.25, 0.3) is 5.91 Å². The number of nitrogens with one attached hydrogen (secondary N) is 2. The molecular formula is C27H30F4N4O3. The zero-order valence-electron chi connectivity index (χ0n) is 21.1. The number of alkyl halides is 3. The third kappa shape index (κ3) is 4.95. The standard InChI is InChI=1S/C27H30F4N4O3/c1-13-9-19(21(12-33-13)32-7-8-36)26(38)35-22(11-18-14(2)24(18)35)25(37)34-23(15-3-4-15)17-6-5-16(10-20(17)28)27(29,30)31/h5-6,9-10,12,14-15,18,22-24,32,36H,3-4,7-8,11H2,1-2H3,(H,34,37)/t14-,18+,22-,23-,24-/m1/s1. The number of nitrogens with zero attached hydrogens (tertiary/aromatic N) is 2. The first-order valence-corrected chi connectivity index (χ1v) is 12.8. The van der Waals surface area contributed by atoms with Crippen molar-refractivity contribution in [1.29, 1.82) is 0 Å². The van der Waals surface area contributed by atoms with Crippen LogP contribution < -0.4 is 10.6 Å².